The molecule has 2 N–H and O–H groups in total. The molecule has 132 valence electrons. The summed E-state index contributed by atoms with van der Waals surface area (Å²) in [5.74, 6) is 0.324. The molecular weight excluding hydrogens is 340 g/mol. The van der Waals surface area contributed by atoms with Crippen LogP contribution in [-0.2, 0) is 16.6 Å². The van der Waals surface area contributed by atoms with Crippen LogP contribution in [0, 0.1) is 0 Å². The van der Waals surface area contributed by atoms with Gasteiger partial charge < -0.3 is 10.1 Å². The first-order chi connectivity index (χ1) is 12.0. The average Bonchev–Trinajstić information content (AvgIpc) is 2.64. The lowest BCUT2D eigenvalue weighted by Crippen LogP contribution is -2.25. The topological polar surface area (TPSA) is 84.5 Å². The van der Waals surface area contributed by atoms with Crippen molar-refractivity contribution in [2.45, 2.75) is 11.4 Å². The lowest BCUT2D eigenvalue weighted by atomic mass is 10.2. The maximum atomic E-state index is 12.4. The number of methoxy groups -OCH3 is 1. The number of carbonyl (C=O) groups excluding carboxylic acids is 1. The summed E-state index contributed by atoms with van der Waals surface area (Å²) >= 11 is 0. The van der Waals surface area contributed by atoms with E-state index in [0.29, 0.717) is 17.9 Å². The maximum Gasteiger partial charge on any atom is 0.251 e. The molecule has 0 fully saturated rings. The Bertz CT molecular complexity index is 846. The Morgan fingerprint density at radius 1 is 1.16 bits per heavy atom. The van der Waals surface area contributed by atoms with Gasteiger partial charge >= 0.3 is 0 Å². The zero-order chi connectivity index (χ0) is 18.3. The minimum absolute atomic E-state index is 0.0858. The van der Waals surface area contributed by atoms with E-state index in [2.05, 4.69) is 16.6 Å². The molecule has 0 aliphatic carbocycles. The molecule has 1 amide bonds. The standard InChI is InChI=1S/C18H20N2O4S/c1-3-12-19-18(21)14-8-10-16(11-9-14)25(22,23)20-13-15-6-4-5-7-17(15)24-2/h3-11,20H,1,12-13H2,2H3,(H,19,21). The zero-order valence-corrected chi connectivity index (χ0v) is 14.7. The smallest absolute Gasteiger partial charge is 0.251 e. The molecule has 0 saturated carbocycles. The largest absolute Gasteiger partial charge is 0.496 e. The van der Waals surface area contributed by atoms with Crippen LogP contribution < -0.4 is 14.8 Å². The van der Waals surface area contributed by atoms with Crippen molar-refractivity contribution in [2.24, 2.45) is 0 Å². The van der Waals surface area contributed by atoms with E-state index < -0.39 is 10.0 Å². The predicted molar refractivity (Wildman–Crippen MR) is 96.0 cm³/mol. The van der Waals surface area contributed by atoms with Gasteiger partial charge in [0.05, 0.1) is 12.0 Å². The summed E-state index contributed by atoms with van der Waals surface area (Å²) in [6.45, 7) is 3.97. The summed E-state index contributed by atoms with van der Waals surface area (Å²) in [6.07, 6.45) is 1.57. The van der Waals surface area contributed by atoms with Crippen molar-refractivity contribution in [3.8, 4) is 5.75 Å². The molecule has 6 nitrogen and oxygen atoms in total. The number of benzene rings is 2. The SMILES string of the molecule is C=CCNC(=O)c1ccc(S(=O)(=O)NCc2ccccc2OC)cc1. The van der Waals surface area contributed by atoms with Crippen molar-refractivity contribution in [3.05, 3.63) is 72.3 Å². The summed E-state index contributed by atoms with van der Waals surface area (Å²) in [4.78, 5) is 11.9. The number of rotatable bonds is 8. The molecule has 0 bridgehead atoms. The number of sulfonamides is 1. The first-order valence-corrected chi connectivity index (χ1v) is 9.07. The highest BCUT2D eigenvalue weighted by Crippen LogP contribution is 2.18. The molecule has 0 unspecified atom stereocenters. The lowest BCUT2D eigenvalue weighted by Gasteiger charge is -2.10. The second-order valence-corrected chi connectivity index (χ2v) is 6.93. The van der Waals surface area contributed by atoms with Gasteiger partial charge in [-0.15, -0.1) is 6.58 Å². The van der Waals surface area contributed by atoms with Crippen LogP contribution in [0.25, 0.3) is 0 Å². The fourth-order valence-corrected chi connectivity index (χ4v) is 3.16. The van der Waals surface area contributed by atoms with E-state index in [1.54, 1.807) is 18.2 Å². The molecule has 2 aromatic rings. The first kappa shape index (κ1) is 18.7. The molecule has 0 radical (unpaired) electrons. The summed E-state index contributed by atoms with van der Waals surface area (Å²) in [7, 11) is -2.17. The molecule has 2 aromatic carbocycles. The van der Waals surface area contributed by atoms with Crippen molar-refractivity contribution in [1.82, 2.24) is 10.0 Å². The van der Waals surface area contributed by atoms with E-state index in [0.717, 1.165) is 5.56 Å². The molecule has 0 saturated heterocycles. The molecule has 0 aliphatic heterocycles. The predicted octanol–water partition coefficient (Wildman–Crippen LogP) is 2.09. The minimum Gasteiger partial charge on any atom is -0.496 e. The van der Waals surface area contributed by atoms with Crippen molar-refractivity contribution in [2.75, 3.05) is 13.7 Å². The normalized spacial score (nSPS) is 10.9. The Kier molecular flexibility index (Phi) is 6.32. The Labute approximate surface area is 147 Å². The number of carbonyl (C=O) groups is 1. The quantitative estimate of drug-likeness (QED) is 0.706. The van der Waals surface area contributed by atoms with Gasteiger partial charge in [-0.3, -0.25) is 4.79 Å². The Hall–Kier alpha value is -2.64. The van der Waals surface area contributed by atoms with Gasteiger partial charge in [-0.1, -0.05) is 24.3 Å². The first-order valence-electron chi connectivity index (χ1n) is 7.58. The van der Waals surface area contributed by atoms with E-state index in [1.807, 2.05) is 12.1 Å². The molecule has 0 atom stereocenters. The van der Waals surface area contributed by atoms with Gasteiger partial charge in [-0.25, -0.2) is 13.1 Å². The molecule has 2 rings (SSSR count). The summed E-state index contributed by atoms with van der Waals surface area (Å²) < 4.78 is 32.5. The Balaban J connectivity index is 2.09. The van der Waals surface area contributed by atoms with Crippen LogP contribution in [0.2, 0.25) is 0 Å². The van der Waals surface area contributed by atoms with Gasteiger partial charge in [-0.05, 0) is 30.3 Å². The number of nitrogens with one attached hydrogen (secondary N) is 2. The number of hydrogen-bond acceptors (Lipinski definition) is 4. The molecule has 0 aliphatic rings. The molecular formula is C18H20N2O4S. The van der Waals surface area contributed by atoms with Gasteiger partial charge in [0, 0.05) is 24.2 Å². The van der Waals surface area contributed by atoms with Gasteiger partial charge in [0.15, 0.2) is 0 Å². The van der Waals surface area contributed by atoms with Crippen LogP contribution in [-0.4, -0.2) is 28.0 Å². The van der Waals surface area contributed by atoms with Crippen molar-refractivity contribution in [3.63, 3.8) is 0 Å². The zero-order valence-electron chi connectivity index (χ0n) is 13.9. The minimum atomic E-state index is -3.70. The highest BCUT2D eigenvalue weighted by atomic mass is 32.2. The van der Waals surface area contributed by atoms with Gasteiger partial charge in [0.1, 0.15) is 5.75 Å². The fourth-order valence-electron chi connectivity index (χ4n) is 2.16. The highest BCUT2D eigenvalue weighted by Gasteiger charge is 2.15. The molecule has 0 spiro atoms. The second-order valence-electron chi connectivity index (χ2n) is 5.16. The molecule has 0 heterocycles. The van der Waals surface area contributed by atoms with Crippen molar-refractivity contribution in [1.29, 1.82) is 0 Å². The Morgan fingerprint density at radius 2 is 1.84 bits per heavy atom. The summed E-state index contributed by atoms with van der Waals surface area (Å²) in [6, 6.07) is 12.9. The maximum absolute atomic E-state index is 12.4. The number of hydrogen-bond donors (Lipinski definition) is 2. The second kappa shape index (κ2) is 8.46. The monoisotopic (exact) mass is 360 g/mol. The van der Waals surface area contributed by atoms with E-state index in [4.69, 9.17) is 4.74 Å². The van der Waals surface area contributed by atoms with Crippen molar-refractivity contribution >= 4 is 15.9 Å². The van der Waals surface area contributed by atoms with Crippen LogP contribution in [0.4, 0.5) is 0 Å². The van der Waals surface area contributed by atoms with Gasteiger partial charge in [0.25, 0.3) is 5.91 Å². The van der Waals surface area contributed by atoms with Crippen LogP contribution >= 0.6 is 0 Å². The molecule has 7 heteroatoms. The van der Waals surface area contributed by atoms with Crippen LogP contribution in [0.5, 0.6) is 5.75 Å². The van der Waals surface area contributed by atoms with Crippen LogP contribution in [0.1, 0.15) is 15.9 Å². The molecule has 25 heavy (non-hydrogen) atoms. The Morgan fingerprint density at radius 3 is 2.48 bits per heavy atom. The van der Waals surface area contributed by atoms with E-state index in [-0.39, 0.29) is 17.3 Å². The summed E-state index contributed by atoms with van der Waals surface area (Å²) in [5.41, 5.74) is 1.11. The third kappa shape index (κ3) is 4.91. The highest BCUT2D eigenvalue weighted by molar-refractivity contribution is 7.89. The lowest BCUT2D eigenvalue weighted by molar-refractivity contribution is 0.0958. The van der Waals surface area contributed by atoms with Crippen LogP contribution in [0.3, 0.4) is 0 Å². The molecule has 0 aromatic heterocycles. The van der Waals surface area contributed by atoms with Crippen molar-refractivity contribution < 1.29 is 17.9 Å². The van der Waals surface area contributed by atoms with E-state index in [1.165, 1.54) is 31.4 Å². The number of ether oxygens (including phenoxy) is 1. The third-order valence-electron chi connectivity index (χ3n) is 3.48. The third-order valence-corrected chi connectivity index (χ3v) is 4.90. The van der Waals surface area contributed by atoms with E-state index in [9.17, 15) is 13.2 Å². The average molecular weight is 360 g/mol. The number of para-hydroxylation sites is 1. The van der Waals surface area contributed by atoms with Crippen LogP contribution in [0.15, 0.2) is 66.1 Å². The van der Waals surface area contributed by atoms with Gasteiger partial charge in [0.2, 0.25) is 10.0 Å². The number of amides is 1. The fraction of sp³-hybridized carbons (Fsp3) is 0.167. The van der Waals surface area contributed by atoms with E-state index >= 15 is 0 Å². The van der Waals surface area contributed by atoms with Gasteiger partial charge in [-0.2, -0.15) is 0 Å². The summed E-state index contributed by atoms with van der Waals surface area (Å²) in [5, 5.41) is 2.63.